The number of amides is 2. The summed E-state index contributed by atoms with van der Waals surface area (Å²) in [5.41, 5.74) is 8.49. The Morgan fingerprint density at radius 1 is 1.31 bits per heavy atom. The smallest absolute Gasteiger partial charge is 0.237 e. The Kier molecular flexibility index (Phi) is 4.53. The Bertz CT molecular complexity index is 1130. The van der Waals surface area contributed by atoms with E-state index in [-0.39, 0.29) is 52.6 Å². The second kappa shape index (κ2) is 7.33. The molecule has 0 saturated heterocycles. The van der Waals surface area contributed by atoms with Gasteiger partial charge < -0.3 is 21.3 Å². The predicted octanol–water partition coefficient (Wildman–Crippen LogP) is 2.29. The number of nitrogens with two attached hydrogens (primary N) is 1. The topological polar surface area (TPSA) is 113 Å². The van der Waals surface area contributed by atoms with Gasteiger partial charge in [0.1, 0.15) is 0 Å². The molecule has 2 amide bonds. The fourth-order valence-electron chi connectivity index (χ4n) is 5.89. The highest BCUT2D eigenvalue weighted by molar-refractivity contribution is 8.00. The molecule has 8 nitrogen and oxygen atoms in total. The highest BCUT2D eigenvalue weighted by atomic mass is 32.2. The van der Waals surface area contributed by atoms with Gasteiger partial charge in [0.2, 0.25) is 17.8 Å². The van der Waals surface area contributed by atoms with Crippen LogP contribution in [0.5, 0.6) is 0 Å². The van der Waals surface area contributed by atoms with Gasteiger partial charge in [-0.2, -0.15) is 4.98 Å². The first-order valence-corrected chi connectivity index (χ1v) is 11.9. The molecular weight excluding hydrogens is 431 g/mol. The Morgan fingerprint density at radius 3 is 3.03 bits per heavy atom. The number of carbonyl (C=O) groups is 2. The maximum atomic E-state index is 14.6. The van der Waals surface area contributed by atoms with E-state index in [4.69, 9.17) is 5.73 Å². The van der Waals surface area contributed by atoms with Crippen molar-refractivity contribution in [2.45, 2.75) is 30.6 Å². The van der Waals surface area contributed by atoms with Crippen molar-refractivity contribution in [3.63, 3.8) is 0 Å². The third-order valence-corrected chi connectivity index (χ3v) is 8.66. The van der Waals surface area contributed by atoms with E-state index in [9.17, 15) is 14.0 Å². The Labute approximate surface area is 188 Å². The SMILES string of the molecule is NC(=O)C1C2CC3SCC(=O)N4CCc5ccc(cc54)Nc4ncc(F)c(n4)NC1C3C2. The number of hydrogen-bond acceptors (Lipinski definition) is 7. The van der Waals surface area contributed by atoms with Crippen molar-refractivity contribution in [3.05, 3.63) is 35.8 Å². The van der Waals surface area contributed by atoms with Gasteiger partial charge >= 0.3 is 0 Å². The van der Waals surface area contributed by atoms with Gasteiger partial charge in [0.05, 0.1) is 17.9 Å². The summed E-state index contributed by atoms with van der Waals surface area (Å²) in [6.07, 6.45) is 3.62. The molecular formula is C22H23FN6O2S. The summed E-state index contributed by atoms with van der Waals surface area (Å²) in [6.45, 7) is 0.667. The lowest BCUT2D eigenvalue weighted by atomic mass is 9.83. The molecule has 2 aliphatic carbocycles. The first kappa shape index (κ1) is 19.8. The van der Waals surface area contributed by atoms with Crippen molar-refractivity contribution in [2.24, 2.45) is 23.5 Å². The van der Waals surface area contributed by atoms with Crippen molar-refractivity contribution in [1.29, 1.82) is 0 Å². The number of anilines is 4. The van der Waals surface area contributed by atoms with E-state index in [1.807, 2.05) is 23.1 Å². The van der Waals surface area contributed by atoms with Crippen LogP contribution in [0.4, 0.5) is 27.5 Å². The maximum Gasteiger partial charge on any atom is 0.237 e. The molecule has 6 rings (SSSR count). The van der Waals surface area contributed by atoms with Crippen LogP contribution >= 0.6 is 11.8 Å². The fourth-order valence-corrected chi connectivity index (χ4v) is 7.31. The van der Waals surface area contributed by atoms with E-state index in [0.29, 0.717) is 12.3 Å². The standard InChI is InChI=1S/C22H23FN6O2S/c23-14-8-25-22-26-12-2-1-10-3-4-29(15(10)7-12)17(30)9-32-16-6-11-5-13(16)19(18(11)20(24)31)27-21(14)28-22/h1-2,7-8,11,13,16,18-19H,3-6,9H2,(H2,24,31)(H2,25,26,27,28). The van der Waals surface area contributed by atoms with Gasteiger partial charge in [-0.05, 0) is 48.8 Å². The monoisotopic (exact) mass is 454 g/mol. The second-order valence-corrected chi connectivity index (χ2v) is 10.2. The molecule has 4 N–H and O–H groups in total. The van der Waals surface area contributed by atoms with Gasteiger partial charge in [0.25, 0.3) is 0 Å². The Balaban J connectivity index is 1.41. The van der Waals surface area contributed by atoms with Gasteiger partial charge in [-0.15, -0.1) is 11.8 Å². The highest BCUT2D eigenvalue weighted by Crippen LogP contribution is 2.53. The van der Waals surface area contributed by atoms with Crippen LogP contribution in [0.1, 0.15) is 18.4 Å². The van der Waals surface area contributed by atoms with Gasteiger partial charge in [-0.1, -0.05) is 6.07 Å². The molecule has 2 saturated carbocycles. The van der Waals surface area contributed by atoms with Crippen LogP contribution in [-0.4, -0.2) is 45.4 Å². The molecule has 1 aromatic heterocycles. The van der Waals surface area contributed by atoms with E-state index < -0.39 is 5.82 Å². The van der Waals surface area contributed by atoms with Crippen LogP contribution < -0.4 is 21.3 Å². The molecule has 0 radical (unpaired) electrons. The Hall–Kier alpha value is -2.88. The first-order valence-electron chi connectivity index (χ1n) is 10.9. The molecule has 3 heterocycles. The lowest BCUT2D eigenvalue weighted by Crippen LogP contribution is -2.46. The van der Waals surface area contributed by atoms with Crippen molar-refractivity contribution in [1.82, 2.24) is 9.97 Å². The molecule has 0 spiro atoms. The summed E-state index contributed by atoms with van der Waals surface area (Å²) < 4.78 is 14.6. The number of aromatic nitrogens is 2. The molecule has 10 heteroatoms. The number of thioether (sulfide) groups is 1. The van der Waals surface area contributed by atoms with Crippen LogP contribution in [0.3, 0.4) is 0 Å². The lowest BCUT2D eigenvalue weighted by Gasteiger charge is -2.35. The molecule has 166 valence electrons. The number of rotatable bonds is 1. The van der Waals surface area contributed by atoms with Gasteiger partial charge in [-0.25, -0.2) is 9.37 Å². The average molecular weight is 455 g/mol. The summed E-state index contributed by atoms with van der Waals surface area (Å²) in [5, 5.41) is 6.51. The molecule has 5 atom stereocenters. The first-order chi connectivity index (χ1) is 15.5. The fraction of sp³-hybridized carbons (Fsp3) is 0.455. The number of benzene rings is 1. The zero-order chi connectivity index (χ0) is 22.0. The quantitative estimate of drug-likeness (QED) is 0.606. The molecule has 32 heavy (non-hydrogen) atoms. The number of halogens is 1. The molecule has 1 aromatic carbocycles. The van der Waals surface area contributed by atoms with Crippen LogP contribution in [0.2, 0.25) is 0 Å². The summed E-state index contributed by atoms with van der Waals surface area (Å²) >= 11 is 1.64. The van der Waals surface area contributed by atoms with Crippen molar-refractivity contribution in [2.75, 3.05) is 27.8 Å². The number of carbonyl (C=O) groups excluding carboxylic acids is 2. The number of nitrogens with zero attached hydrogens (tertiary/aromatic N) is 3. The molecule has 4 aliphatic rings. The third-order valence-electron chi connectivity index (χ3n) is 7.28. The summed E-state index contributed by atoms with van der Waals surface area (Å²) in [7, 11) is 0. The minimum absolute atomic E-state index is 0.0591. The largest absolute Gasteiger partial charge is 0.369 e. The predicted molar refractivity (Wildman–Crippen MR) is 120 cm³/mol. The molecule has 5 unspecified atom stereocenters. The van der Waals surface area contributed by atoms with Crippen LogP contribution in [-0.2, 0) is 16.0 Å². The summed E-state index contributed by atoms with van der Waals surface area (Å²) in [6, 6.07) is 5.51. The van der Waals surface area contributed by atoms with Gasteiger partial charge in [0.15, 0.2) is 11.6 Å². The van der Waals surface area contributed by atoms with Gasteiger partial charge in [0, 0.05) is 29.2 Å². The van der Waals surface area contributed by atoms with Crippen molar-refractivity contribution < 1.29 is 14.0 Å². The van der Waals surface area contributed by atoms with E-state index in [2.05, 4.69) is 20.6 Å². The van der Waals surface area contributed by atoms with E-state index in [1.54, 1.807) is 11.8 Å². The summed E-state index contributed by atoms with van der Waals surface area (Å²) in [4.78, 5) is 35.6. The molecule has 2 aliphatic heterocycles. The zero-order valence-electron chi connectivity index (χ0n) is 17.3. The van der Waals surface area contributed by atoms with Gasteiger partial charge in [-0.3, -0.25) is 9.59 Å². The van der Waals surface area contributed by atoms with Crippen LogP contribution in [0.25, 0.3) is 0 Å². The number of hydrogen-bond donors (Lipinski definition) is 3. The van der Waals surface area contributed by atoms with Crippen molar-refractivity contribution in [3.8, 4) is 0 Å². The van der Waals surface area contributed by atoms with E-state index in [0.717, 1.165) is 42.4 Å². The van der Waals surface area contributed by atoms with Crippen LogP contribution in [0, 0.1) is 23.6 Å². The second-order valence-electron chi connectivity index (χ2n) is 9.00. The number of nitrogens with one attached hydrogen (secondary N) is 2. The van der Waals surface area contributed by atoms with E-state index in [1.165, 1.54) is 0 Å². The summed E-state index contributed by atoms with van der Waals surface area (Å²) in [5.74, 6) is -0.330. The molecule has 6 bridgehead atoms. The maximum absolute atomic E-state index is 14.6. The average Bonchev–Trinajstić information content (AvgIpc) is 3.46. The van der Waals surface area contributed by atoms with E-state index >= 15 is 0 Å². The minimum Gasteiger partial charge on any atom is -0.369 e. The third kappa shape index (κ3) is 3.11. The normalized spacial score (nSPS) is 30.3. The molecule has 2 aromatic rings. The Morgan fingerprint density at radius 2 is 2.19 bits per heavy atom. The zero-order valence-corrected chi connectivity index (χ0v) is 18.1. The lowest BCUT2D eigenvalue weighted by molar-refractivity contribution is -0.123. The van der Waals surface area contributed by atoms with Crippen LogP contribution in [0.15, 0.2) is 24.4 Å². The highest BCUT2D eigenvalue weighted by Gasteiger charge is 2.55. The number of primary amides is 1. The molecule has 2 fully saturated rings. The number of fused-ring (bicyclic) bond motifs is 4. The minimum atomic E-state index is -0.578. The van der Waals surface area contributed by atoms with Crippen molar-refractivity contribution >= 4 is 46.7 Å².